The molecule has 0 unspecified atom stereocenters. The lowest BCUT2D eigenvalue weighted by molar-refractivity contribution is -0.428. The summed E-state index contributed by atoms with van der Waals surface area (Å²) in [6.45, 7) is 4.69. The largest absolute Gasteiger partial charge is 0.432 e. The van der Waals surface area contributed by atoms with E-state index in [9.17, 15) is 27.1 Å². The molecule has 0 spiro atoms. The van der Waals surface area contributed by atoms with Crippen LogP contribution in [-0.4, -0.2) is 30.4 Å². The molecular formula is C21H27F5O4. The second kappa shape index (κ2) is 8.59. The van der Waals surface area contributed by atoms with Gasteiger partial charge in [-0.25, -0.2) is 13.2 Å². The molecule has 1 heterocycles. The zero-order valence-electron chi connectivity index (χ0n) is 17.0. The van der Waals surface area contributed by atoms with E-state index in [-0.39, 0.29) is 31.1 Å². The van der Waals surface area contributed by atoms with E-state index in [4.69, 9.17) is 9.47 Å². The molecule has 0 radical (unpaired) electrons. The summed E-state index contributed by atoms with van der Waals surface area (Å²) < 4.78 is 84.3. The van der Waals surface area contributed by atoms with E-state index in [0.29, 0.717) is 25.3 Å². The van der Waals surface area contributed by atoms with E-state index in [1.165, 1.54) is 0 Å². The topological polar surface area (TPSA) is 47.9 Å². The Morgan fingerprint density at radius 1 is 1.07 bits per heavy atom. The lowest BCUT2D eigenvalue weighted by Crippen LogP contribution is -2.54. The smallest absolute Gasteiger partial charge is 0.400 e. The number of hydrogen-bond donors (Lipinski definition) is 1. The van der Waals surface area contributed by atoms with Crippen molar-refractivity contribution in [3.05, 3.63) is 29.6 Å². The van der Waals surface area contributed by atoms with Crippen LogP contribution in [0.4, 0.5) is 22.0 Å². The van der Waals surface area contributed by atoms with E-state index in [1.807, 2.05) is 13.8 Å². The number of halogens is 5. The Kier molecular flexibility index (Phi) is 6.65. The molecule has 4 nitrogen and oxygen atoms in total. The predicted octanol–water partition coefficient (Wildman–Crippen LogP) is 5.38. The maximum absolute atomic E-state index is 14.5. The Morgan fingerprint density at radius 3 is 2.10 bits per heavy atom. The van der Waals surface area contributed by atoms with Crippen molar-refractivity contribution in [2.45, 2.75) is 64.5 Å². The summed E-state index contributed by atoms with van der Waals surface area (Å²) in [6.07, 6.45) is -1.49. The highest BCUT2D eigenvalue weighted by molar-refractivity contribution is 5.25. The van der Waals surface area contributed by atoms with Gasteiger partial charge in [0, 0.05) is 23.5 Å². The third kappa shape index (κ3) is 4.89. The van der Waals surface area contributed by atoms with Crippen LogP contribution in [0.2, 0.25) is 0 Å². The zero-order valence-corrected chi connectivity index (χ0v) is 17.0. The minimum absolute atomic E-state index is 0.00885. The van der Waals surface area contributed by atoms with Crippen LogP contribution in [0.3, 0.4) is 0 Å². The van der Waals surface area contributed by atoms with Gasteiger partial charge in [0.15, 0.2) is 17.5 Å². The quantitative estimate of drug-likeness (QED) is 0.479. The molecule has 1 aromatic rings. The molecule has 1 aliphatic carbocycles. The maximum atomic E-state index is 14.5. The van der Waals surface area contributed by atoms with E-state index in [0.717, 1.165) is 12.8 Å². The molecule has 30 heavy (non-hydrogen) atoms. The molecule has 2 aliphatic rings. The lowest BCUT2D eigenvalue weighted by atomic mass is 9.79. The molecule has 1 aliphatic heterocycles. The summed E-state index contributed by atoms with van der Waals surface area (Å²) in [5, 5.41) is 10.7. The highest BCUT2D eigenvalue weighted by atomic mass is 19.3. The molecule has 170 valence electrons. The SMILES string of the molecule is CCCC1(C)COC(O)(C2CCC(C(F)(F)Oc3cc(F)c(F)c(F)c3)CC2)OC1. The molecule has 1 saturated heterocycles. The standard InChI is InChI=1S/C21H27F5O4/c1-3-8-19(2)11-28-21(27,29-12-19)14-6-4-13(5-7-14)20(25,26)30-15-9-16(22)18(24)17(23)10-15/h9-10,13-14,27H,3-8,11-12H2,1-2H3. The van der Waals surface area contributed by atoms with Gasteiger partial charge in [-0.1, -0.05) is 20.3 Å². The van der Waals surface area contributed by atoms with Crippen LogP contribution in [0.25, 0.3) is 0 Å². The first-order valence-electron chi connectivity index (χ1n) is 10.2. The summed E-state index contributed by atoms with van der Waals surface area (Å²) in [4.78, 5) is 0. The fourth-order valence-electron chi connectivity index (χ4n) is 4.25. The van der Waals surface area contributed by atoms with E-state index in [2.05, 4.69) is 4.74 Å². The van der Waals surface area contributed by atoms with Gasteiger partial charge in [-0.3, -0.25) is 0 Å². The van der Waals surface area contributed by atoms with Crippen LogP contribution in [0.15, 0.2) is 12.1 Å². The monoisotopic (exact) mass is 438 g/mol. The van der Waals surface area contributed by atoms with Crippen LogP contribution in [0.5, 0.6) is 5.75 Å². The van der Waals surface area contributed by atoms with Gasteiger partial charge >= 0.3 is 6.11 Å². The number of ether oxygens (including phenoxy) is 3. The van der Waals surface area contributed by atoms with Crippen LogP contribution in [0, 0.1) is 34.7 Å². The molecule has 0 aromatic heterocycles. The van der Waals surface area contributed by atoms with Crippen molar-refractivity contribution in [2.75, 3.05) is 13.2 Å². The van der Waals surface area contributed by atoms with Gasteiger partial charge in [0.25, 0.3) is 5.97 Å². The number of hydrogen-bond acceptors (Lipinski definition) is 4. The summed E-state index contributed by atoms with van der Waals surface area (Å²) >= 11 is 0. The van der Waals surface area contributed by atoms with Crippen LogP contribution in [-0.2, 0) is 9.47 Å². The molecule has 1 aromatic carbocycles. The number of rotatable bonds is 6. The number of aliphatic hydroxyl groups is 1. The Morgan fingerprint density at radius 2 is 1.60 bits per heavy atom. The molecular weight excluding hydrogens is 411 g/mol. The lowest BCUT2D eigenvalue weighted by Gasteiger charge is -2.46. The van der Waals surface area contributed by atoms with Crippen LogP contribution in [0.1, 0.15) is 52.4 Å². The minimum Gasteiger partial charge on any atom is -0.432 e. The van der Waals surface area contributed by atoms with Gasteiger partial charge in [0.2, 0.25) is 0 Å². The fraction of sp³-hybridized carbons (Fsp3) is 0.714. The molecule has 0 atom stereocenters. The fourth-order valence-corrected chi connectivity index (χ4v) is 4.25. The molecule has 0 amide bonds. The Labute approximate surface area is 172 Å². The average molecular weight is 438 g/mol. The molecule has 1 saturated carbocycles. The second-order valence-electron chi connectivity index (χ2n) is 8.68. The normalized spacial score (nSPS) is 32.8. The van der Waals surface area contributed by atoms with Gasteiger partial charge in [-0.05, 0) is 32.1 Å². The van der Waals surface area contributed by atoms with Gasteiger partial charge < -0.3 is 19.3 Å². The average Bonchev–Trinajstić information content (AvgIpc) is 2.69. The van der Waals surface area contributed by atoms with E-state index in [1.54, 1.807) is 0 Å². The Balaban J connectivity index is 1.58. The highest BCUT2D eigenvalue weighted by Crippen LogP contribution is 2.46. The maximum Gasteiger partial charge on any atom is 0.400 e. The predicted molar refractivity (Wildman–Crippen MR) is 97.2 cm³/mol. The minimum atomic E-state index is -3.71. The Hall–Kier alpha value is -1.45. The van der Waals surface area contributed by atoms with E-state index >= 15 is 0 Å². The van der Waals surface area contributed by atoms with Crippen molar-refractivity contribution in [2.24, 2.45) is 17.3 Å². The van der Waals surface area contributed by atoms with Gasteiger partial charge in [-0.15, -0.1) is 0 Å². The molecule has 9 heteroatoms. The van der Waals surface area contributed by atoms with Crippen molar-refractivity contribution in [3.63, 3.8) is 0 Å². The summed E-state index contributed by atoms with van der Waals surface area (Å²) in [6, 6.07) is 0.773. The number of benzene rings is 1. The first-order chi connectivity index (χ1) is 14.0. The number of alkyl halides is 2. The first kappa shape index (κ1) is 23.2. The van der Waals surface area contributed by atoms with Crippen molar-refractivity contribution in [1.29, 1.82) is 0 Å². The van der Waals surface area contributed by atoms with Crippen LogP contribution < -0.4 is 4.74 Å². The molecule has 2 fully saturated rings. The zero-order chi connectivity index (χ0) is 22.2. The molecule has 0 bridgehead atoms. The molecule has 3 rings (SSSR count). The van der Waals surface area contributed by atoms with Crippen molar-refractivity contribution in [3.8, 4) is 5.75 Å². The summed E-state index contributed by atoms with van der Waals surface area (Å²) in [7, 11) is 0. The Bertz CT molecular complexity index is 718. The van der Waals surface area contributed by atoms with Gasteiger partial charge in [0.05, 0.1) is 19.1 Å². The van der Waals surface area contributed by atoms with Crippen molar-refractivity contribution < 1.29 is 41.3 Å². The molecule has 1 N–H and O–H groups in total. The van der Waals surface area contributed by atoms with Crippen LogP contribution >= 0.6 is 0 Å². The third-order valence-corrected chi connectivity index (χ3v) is 6.04. The first-order valence-corrected chi connectivity index (χ1v) is 10.2. The van der Waals surface area contributed by atoms with Crippen molar-refractivity contribution in [1.82, 2.24) is 0 Å². The summed E-state index contributed by atoms with van der Waals surface area (Å²) in [5.74, 6) is -9.26. The second-order valence-corrected chi connectivity index (χ2v) is 8.68. The highest BCUT2D eigenvalue weighted by Gasteiger charge is 2.51. The van der Waals surface area contributed by atoms with Gasteiger partial charge in [-0.2, -0.15) is 8.78 Å². The third-order valence-electron chi connectivity index (χ3n) is 6.04. The van der Waals surface area contributed by atoms with E-state index < -0.39 is 47.1 Å². The van der Waals surface area contributed by atoms with Crippen molar-refractivity contribution >= 4 is 0 Å². The summed E-state index contributed by atoms with van der Waals surface area (Å²) in [5.41, 5.74) is -0.196. The van der Waals surface area contributed by atoms with Gasteiger partial charge in [0.1, 0.15) is 5.75 Å².